The summed E-state index contributed by atoms with van der Waals surface area (Å²) >= 11 is 0. The van der Waals surface area contributed by atoms with E-state index in [1.54, 1.807) is 42.9 Å². The number of ether oxygens (including phenoxy) is 1. The smallest absolute Gasteiger partial charge is 0.481 e. The maximum atomic E-state index is 12.9. The van der Waals surface area contributed by atoms with E-state index < -0.39 is 17.7 Å². The number of alkyl halides is 3. The normalized spacial score (nSPS) is 15.9. The van der Waals surface area contributed by atoms with E-state index >= 15 is 0 Å². The molecule has 2 N–H and O–H groups in total. The van der Waals surface area contributed by atoms with Crippen LogP contribution in [0, 0.1) is 12.3 Å². The molecule has 7 nitrogen and oxygen atoms in total. The monoisotopic (exact) mass is 548 g/mol. The zero-order valence-corrected chi connectivity index (χ0v) is 21.8. The van der Waals surface area contributed by atoms with Gasteiger partial charge in [-0.3, -0.25) is 9.78 Å². The predicted octanol–water partition coefficient (Wildman–Crippen LogP) is 6.46. The van der Waals surface area contributed by atoms with Crippen LogP contribution in [0.4, 0.5) is 13.2 Å². The van der Waals surface area contributed by atoms with Crippen molar-refractivity contribution in [3.8, 4) is 16.9 Å². The van der Waals surface area contributed by atoms with Crippen molar-refractivity contribution in [2.45, 2.75) is 51.8 Å². The fourth-order valence-corrected chi connectivity index (χ4v) is 4.74. The van der Waals surface area contributed by atoms with Crippen LogP contribution in [0.5, 0.6) is 5.75 Å². The van der Waals surface area contributed by atoms with Crippen molar-refractivity contribution in [2.75, 3.05) is 0 Å². The maximum absolute atomic E-state index is 12.9. The number of aryl methyl sites for hydroxylation is 2. The lowest BCUT2D eigenvalue weighted by molar-refractivity contribution is -0.274. The first-order valence-electron chi connectivity index (χ1n) is 12.9. The van der Waals surface area contributed by atoms with Gasteiger partial charge in [-0.15, -0.1) is 13.2 Å². The molecule has 0 atom stereocenters. The van der Waals surface area contributed by atoms with Crippen LogP contribution in [0.2, 0.25) is 0 Å². The summed E-state index contributed by atoms with van der Waals surface area (Å²) in [6.07, 6.45) is 7.88. The second-order valence-electron chi connectivity index (χ2n) is 9.97. The summed E-state index contributed by atoms with van der Waals surface area (Å²) in [6, 6.07) is 7.92. The number of halogens is 3. The van der Waals surface area contributed by atoms with Crippen molar-refractivity contribution in [1.29, 1.82) is 0 Å². The zero-order valence-electron chi connectivity index (χ0n) is 21.8. The van der Waals surface area contributed by atoms with E-state index in [0.29, 0.717) is 36.5 Å². The molecule has 1 aliphatic heterocycles. The Kier molecular flexibility index (Phi) is 7.45. The maximum Gasteiger partial charge on any atom is 0.573 e. The number of benzene rings is 1. The number of hydrogen-bond donors (Lipinski definition) is 2. The van der Waals surface area contributed by atoms with Crippen molar-refractivity contribution < 1.29 is 27.8 Å². The Balaban J connectivity index is 1.28. The molecule has 1 aromatic carbocycles. The van der Waals surface area contributed by atoms with E-state index in [9.17, 15) is 23.1 Å². The second kappa shape index (κ2) is 11.0. The van der Waals surface area contributed by atoms with Crippen LogP contribution in [0.15, 0.2) is 66.8 Å². The minimum absolute atomic E-state index is 0.253. The molecular weight excluding hydrogens is 521 g/mol. The van der Waals surface area contributed by atoms with Gasteiger partial charge < -0.3 is 15.2 Å². The number of rotatable bonds is 9. The van der Waals surface area contributed by atoms with E-state index in [0.717, 1.165) is 41.6 Å². The van der Waals surface area contributed by atoms with Crippen molar-refractivity contribution in [3.63, 3.8) is 0 Å². The Hall–Kier alpha value is -4.43. The molecular formula is C30H27F3N4O3. The summed E-state index contributed by atoms with van der Waals surface area (Å²) in [7, 11) is 0. The van der Waals surface area contributed by atoms with Crippen LogP contribution in [0.3, 0.4) is 0 Å². The number of carbonyl (C=O) groups is 1. The summed E-state index contributed by atoms with van der Waals surface area (Å²) in [5, 5.41) is 12.5. The molecule has 0 spiro atoms. The first-order chi connectivity index (χ1) is 19.1. The van der Waals surface area contributed by atoms with E-state index in [4.69, 9.17) is 0 Å². The number of carboxylic acid groups (broad SMARTS) is 1. The highest BCUT2D eigenvalue weighted by atomic mass is 19.4. The number of aliphatic carboxylic acids is 1. The first kappa shape index (κ1) is 27.1. The van der Waals surface area contributed by atoms with Gasteiger partial charge in [0.2, 0.25) is 0 Å². The Morgan fingerprint density at radius 1 is 1.12 bits per heavy atom. The number of nitrogens with zero attached hydrogens (tertiary/aromatic N) is 3. The average molecular weight is 549 g/mol. The molecule has 2 aromatic heterocycles. The molecule has 0 radical (unpaired) electrons. The number of carboxylic acids is 1. The molecule has 0 bridgehead atoms. The van der Waals surface area contributed by atoms with Crippen LogP contribution < -0.4 is 10.1 Å². The number of pyridine rings is 1. The van der Waals surface area contributed by atoms with Crippen LogP contribution in [-0.4, -0.2) is 32.4 Å². The van der Waals surface area contributed by atoms with E-state index in [1.807, 2.05) is 13.0 Å². The van der Waals surface area contributed by atoms with Gasteiger partial charge in [-0.2, -0.15) is 0 Å². The molecule has 0 amide bonds. The fourth-order valence-electron chi connectivity index (χ4n) is 4.74. The molecule has 206 valence electrons. The highest BCUT2D eigenvalue weighted by molar-refractivity contribution is 5.79. The largest absolute Gasteiger partial charge is 0.573 e. The molecule has 1 saturated carbocycles. The summed E-state index contributed by atoms with van der Waals surface area (Å²) in [6.45, 7) is 1.98. The number of para-hydroxylation sites is 1. The van der Waals surface area contributed by atoms with Gasteiger partial charge in [0, 0.05) is 46.7 Å². The van der Waals surface area contributed by atoms with Gasteiger partial charge in [-0.1, -0.05) is 23.9 Å². The molecule has 40 heavy (non-hydrogen) atoms. The average Bonchev–Trinajstić information content (AvgIpc) is 3.73. The van der Waals surface area contributed by atoms with Crippen molar-refractivity contribution >= 4 is 17.4 Å². The van der Waals surface area contributed by atoms with Gasteiger partial charge in [0.25, 0.3) is 0 Å². The van der Waals surface area contributed by atoms with E-state index in [1.165, 1.54) is 12.1 Å². The van der Waals surface area contributed by atoms with E-state index in [-0.39, 0.29) is 11.3 Å². The van der Waals surface area contributed by atoms with Crippen LogP contribution in [-0.2, 0) is 11.2 Å². The molecule has 3 aromatic rings. The SMILES string of the molecule is Cc1cc(CCCC2(C(=O)O)CC2)ncc1-c1cnc(C2=C=CCC=C(c3ccccc3OC(F)(F)F)N2)nc1. The highest BCUT2D eigenvalue weighted by Gasteiger charge is 2.49. The van der Waals surface area contributed by atoms with Gasteiger partial charge in [-0.05, 0) is 75.3 Å². The summed E-state index contributed by atoms with van der Waals surface area (Å²) in [5.41, 5.74) is 7.19. The Morgan fingerprint density at radius 3 is 2.55 bits per heavy atom. The van der Waals surface area contributed by atoms with Crippen molar-refractivity contribution in [3.05, 3.63) is 89.5 Å². The molecule has 2 aliphatic rings. The van der Waals surface area contributed by atoms with Gasteiger partial charge in [0.05, 0.1) is 5.41 Å². The molecule has 0 saturated heterocycles. The van der Waals surface area contributed by atoms with Crippen molar-refractivity contribution in [1.82, 2.24) is 20.3 Å². The molecule has 10 heteroatoms. The number of hydrogen-bond acceptors (Lipinski definition) is 6. The van der Waals surface area contributed by atoms with Gasteiger partial charge >= 0.3 is 12.3 Å². The third-order valence-electron chi connectivity index (χ3n) is 7.10. The molecule has 1 fully saturated rings. The summed E-state index contributed by atoms with van der Waals surface area (Å²) in [4.78, 5) is 24.9. The zero-order chi connectivity index (χ0) is 28.3. The minimum Gasteiger partial charge on any atom is -0.481 e. The Labute approximate surface area is 229 Å². The topological polar surface area (TPSA) is 97.2 Å². The lowest BCUT2D eigenvalue weighted by Gasteiger charge is -2.17. The minimum atomic E-state index is -4.82. The van der Waals surface area contributed by atoms with Gasteiger partial charge in [0.15, 0.2) is 5.82 Å². The highest BCUT2D eigenvalue weighted by Crippen LogP contribution is 2.50. The number of aromatic nitrogens is 3. The number of nitrogens with one attached hydrogen (secondary N) is 1. The second-order valence-corrected chi connectivity index (χ2v) is 9.97. The molecule has 1 aliphatic carbocycles. The fraction of sp³-hybridized carbons (Fsp3) is 0.300. The predicted molar refractivity (Wildman–Crippen MR) is 143 cm³/mol. The van der Waals surface area contributed by atoms with Crippen LogP contribution in [0.25, 0.3) is 22.5 Å². The summed E-state index contributed by atoms with van der Waals surface area (Å²) in [5.74, 6) is -0.684. The Bertz CT molecular complexity index is 1520. The lowest BCUT2D eigenvalue weighted by atomic mass is 9.97. The summed E-state index contributed by atoms with van der Waals surface area (Å²) < 4.78 is 43.0. The van der Waals surface area contributed by atoms with Gasteiger partial charge in [0.1, 0.15) is 11.4 Å². The van der Waals surface area contributed by atoms with Crippen LogP contribution in [0.1, 0.15) is 54.7 Å². The molecule has 3 heterocycles. The third kappa shape index (κ3) is 6.24. The Morgan fingerprint density at radius 2 is 1.88 bits per heavy atom. The van der Waals surface area contributed by atoms with E-state index in [2.05, 4.69) is 30.7 Å². The first-order valence-corrected chi connectivity index (χ1v) is 12.9. The molecule has 5 rings (SSSR count). The molecule has 0 unspecified atom stereocenters. The number of allylic oxidation sites excluding steroid dienone is 2. The lowest BCUT2D eigenvalue weighted by Crippen LogP contribution is -2.19. The van der Waals surface area contributed by atoms with Crippen LogP contribution >= 0.6 is 0 Å². The quantitative estimate of drug-likeness (QED) is 0.296. The standard InChI is InChI=1S/C30H27F3N4O3/c1-19-15-21(7-6-12-29(13-14-29)28(38)39)34-18-23(19)20-16-35-27(36-17-20)25-10-4-3-9-24(37-25)22-8-2-5-11-26(22)40-30(31,32)33/h2,4-5,8-9,11,15-18,37H,3,6-7,12-14H2,1H3,(H,38,39). The third-order valence-corrected chi connectivity index (χ3v) is 7.10. The van der Waals surface area contributed by atoms with Gasteiger partial charge in [-0.25, -0.2) is 9.97 Å². The van der Waals surface area contributed by atoms with Crippen molar-refractivity contribution in [2.24, 2.45) is 5.41 Å².